The van der Waals surface area contributed by atoms with Gasteiger partial charge >= 0.3 is 0 Å². The number of carbonyl (C=O) groups excluding carboxylic acids is 2. The molecule has 0 N–H and O–H groups in total. The van der Waals surface area contributed by atoms with Gasteiger partial charge in [0, 0.05) is 49.4 Å². The van der Waals surface area contributed by atoms with Crippen LogP contribution in [0.15, 0.2) is 48.5 Å². The Labute approximate surface area is 201 Å². The molecule has 5 rings (SSSR count). The van der Waals surface area contributed by atoms with Gasteiger partial charge in [-0.25, -0.2) is 0 Å². The molecule has 2 fully saturated rings. The van der Waals surface area contributed by atoms with Crippen LogP contribution in [0.4, 0.5) is 0 Å². The Morgan fingerprint density at radius 1 is 1.03 bits per heavy atom. The second kappa shape index (κ2) is 8.77. The Bertz CT molecular complexity index is 1040. The van der Waals surface area contributed by atoms with E-state index in [4.69, 9.17) is 11.6 Å². The minimum absolute atomic E-state index is 0.0281. The van der Waals surface area contributed by atoms with Crippen LogP contribution >= 0.6 is 11.6 Å². The molecule has 1 spiro atoms. The maximum absolute atomic E-state index is 13.9. The largest absolute Gasteiger partial charge is 0.342 e. The number of halogens is 1. The molecule has 5 nitrogen and oxygen atoms in total. The highest BCUT2D eigenvalue weighted by Gasteiger charge is 2.57. The quantitative estimate of drug-likeness (QED) is 0.665. The lowest BCUT2D eigenvalue weighted by molar-refractivity contribution is -0.142. The lowest BCUT2D eigenvalue weighted by Gasteiger charge is -2.57. The number of amides is 2. The van der Waals surface area contributed by atoms with Crippen LogP contribution in [-0.4, -0.2) is 64.3 Å². The minimum atomic E-state index is -0.483. The van der Waals surface area contributed by atoms with E-state index in [0.717, 1.165) is 62.6 Å². The van der Waals surface area contributed by atoms with E-state index >= 15 is 0 Å². The zero-order valence-corrected chi connectivity index (χ0v) is 20.2. The second-order valence-corrected chi connectivity index (χ2v) is 10.4. The van der Waals surface area contributed by atoms with Crippen molar-refractivity contribution in [2.24, 2.45) is 0 Å². The number of carbonyl (C=O) groups is 2. The summed E-state index contributed by atoms with van der Waals surface area (Å²) in [6, 6.07) is 15.8. The molecular weight excluding hydrogens is 434 g/mol. The van der Waals surface area contributed by atoms with Crippen LogP contribution in [-0.2, 0) is 11.3 Å². The van der Waals surface area contributed by atoms with E-state index in [1.807, 2.05) is 41.3 Å². The molecule has 2 aromatic carbocycles. The summed E-state index contributed by atoms with van der Waals surface area (Å²) in [5.41, 5.74) is 2.36. The molecule has 0 saturated carbocycles. The summed E-state index contributed by atoms with van der Waals surface area (Å²) in [6.07, 6.45) is 2.65. The average molecular weight is 466 g/mol. The zero-order chi connectivity index (χ0) is 23.2. The Kier molecular flexibility index (Phi) is 5.96. The lowest BCUT2D eigenvalue weighted by atomic mass is 9.66. The van der Waals surface area contributed by atoms with Gasteiger partial charge in [0.15, 0.2) is 0 Å². The van der Waals surface area contributed by atoms with Gasteiger partial charge in [-0.05, 0) is 62.4 Å². The van der Waals surface area contributed by atoms with E-state index in [9.17, 15) is 9.59 Å². The van der Waals surface area contributed by atoms with Crippen molar-refractivity contribution >= 4 is 23.4 Å². The third-order valence-electron chi connectivity index (χ3n) is 7.71. The molecule has 0 bridgehead atoms. The highest BCUT2D eigenvalue weighted by Crippen LogP contribution is 2.49. The fourth-order valence-electron chi connectivity index (χ4n) is 6.01. The Morgan fingerprint density at radius 3 is 2.30 bits per heavy atom. The van der Waals surface area contributed by atoms with Crippen LogP contribution in [0.25, 0.3) is 0 Å². The van der Waals surface area contributed by atoms with Gasteiger partial charge in [-0.3, -0.25) is 14.5 Å². The molecule has 2 saturated heterocycles. The first-order valence-corrected chi connectivity index (χ1v) is 12.5. The Balaban J connectivity index is 1.49. The van der Waals surface area contributed by atoms with Gasteiger partial charge in [0.2, 0.25) is 5.91 Å². The van der Waals surface area contributed by atoms with Crippen LogP contribution in [0.5, 0.6) is 0 Å². The zero-order valence-electron chi connectivity index (χ0n) is 19.5. The molecule has 0 radical (unpaired) electrons. The second-order valence-electron chi connectivity index (χ2n) is 9.97. The lowest BCUT2D eigenvalue weighted by Crippen LogP contribution is -2.67. The van der Waals surface area contributed by atoms with Crippen molar-refractivity contribution in [1.29, 1.82) is 0 Å². The van der Waals surface area contributed by atoms with Gasteiger partial charge in [0.05, 0.1) is 11.5 Å². The highest BCUT2D eigenvalue weighted by atomic mass is 35.5. The average Bonchev–Trinajstić information content (AvgIpc) is 2.76. The summed E-state index contributed by atoms with van der Waals surface area (Å²) in [6.45, 7) is 8.37. The van der Waals surface area contributed by atoms with Crippen LogP contribution in [0.2, 0.25) is 5.02 Å². The fourth-order valence-corrected chi connectivity index (χ4v) is 6.14. The molecule has 1 unspecified atom stereocenters. The van der Waals surface area contributed by atoms with Crippen LogP contribution < -0.4 is 0 Å². The smallest absolute Gasteiger partial charge is 0.254 e. The number of fused-ring (bicyclic) bond motifs is 1. The van der Waals surface area contributed by atoms with E-state index in [1.165, 1.54) is 5.56 Å². The number of rotatable bonds is 4. The molecule has 3 aliphatic heterocycles. The summed E-state index contributed by atoms with van der Waals surface area (Å²) >= 11 is 6.05. The molecule has 3 heterocycles. The standard InChI is InChI=1S/C27H32ClN3O2/c1-19(2)31-25(32)23-7-4-3-6-22(23)24(26(33)30-14-5-15-30)27(31)12-16-29(17-13-27)18-20-8-10-21(28)11-9-20/h3-4,6-11,19,24H,5,12-18H2,1-2H3. The summed E-state index contributed by atoms with van der Waals surface area (Å²) in [5, 5.41) is 0.746. The number of nitrogens with zero attached hydrogens (tertiary/aromatic N) is 3. The number of benzene rings is 2. The molecular formula is C27H32ClN3O2. The Morgan fingerprint density at radius 2 is 1.70 bits per heavy atom. The van der Waals surface area contributed by atoms with Crippen LogP contribution in [0, 0.1) is 0 Å². The molecule has 0 aliphatic carbocycles. The van der Waals surface area contributed by atoms with Gasteiger partial charge in [-0.1, -0.05) is 41.9 Å². The minimum Gasteiger partial charge on any atom is -0.342 e. The third-order valence-corrected chi connectivity index (χ3v) is 7.96. The Hall–Kier alpha value is -2.37. The molecule has 33 heavy (non-hydrogen) atoms. The van der Waals surface area contributed by atoms with Crippen molar-refractivity contribution in [3.8, 4) is 0 Å². The van der Waals surface area contributed by atoms with Gasteiger partial charge < -0.3 is 9.80 Å². The number of likely N-dealkylation sites (tertiary alicyclic amines) is 2. The SMILES string of the molecule is CC(C)N1C(=O)c2ccccc2C(C(=O)N2CCC2)C12CCN(Cc1ccc(Cl)cc1)CC2. The maximum atomic E-state index is 13.9. The van der Waals surface area contributed by atoms with Crippen molar-refractivity contribution < 1.29 is 9.59 Å². The number of piperidine rings is 1. The van der Waals surface area contributed by atoms with Crippen molar-refractivity contribution in [3.05, 3.63) is 70.2 Å². The van der Waals surface area contributed by atoms with E-state index in [2.05, 4.69) is 35.8 Å². The molecule has 6 heteroatoms. The third kappa shape index (κ3) is 3.85. The van der Waals surface area contributed by atoms with E-state index in [1.54, 1.807) is 0 Å². The summed E-state index contributed by atoms with van der Waals surface area (Å²) in [4.78, 5) is 34.1. The first-order valence-electron chi connectivity index (χ1n) is 12.1. The van der Waals surface area contributed by atoms with Crippen LogP contribution in [0.3, 0.4) is 0 Å². The molecule has 3 aliphatic rings. The topological polar surface area (TPSA) is 43.9 Å². The normalized spacial score (nSPS) is 22.4. The molecule has 174 valence electrons. The van der Waals surface area contributed by atoms with E-state index in [0.29, 0.717) is 5.56 Å². The van der Waals surface area contributed by atoms with Crippen molar-refractivity contribution in [1.82, 2.24) is 14.7 Å². The fraction of sp³-hybridized carbons (Fsp3) is 0.481. The molecule has 2 aromatic rings. The summed E-state index contributed by atoms with van der Waals surface area (Å²) < 4.78 is 0. The summed E-state index contributed by atoms with van der Waals surface area (Å²) in [7, 11) is 0. The van der Waals surface area contributed by atoms with Crippen molar-refractivity contribution in [3.63, 3.8) is 0 Å². The van der Waals surface area contributed by atoms with Crippen LogP contribution in [0.1, 0.15) is 60.5 Å². The molecule has 1 atom stereocenters. The van der Waals surface area contributed by atoms with Gasteiger partial charge in [-0.15, -0.1) is 0 Å². The highest BCUT2D eigenvalue weighted by molar-refractivity contribution is 6.30. The van der Waals surface area contributed by atoms with E-state index < -0.39 is 5.54 Å². The van der Waals surface area contributed by atoms with Crippen molar-refractivity contribution in [2.45, 2.75) is 57.2 Å². The summed E-state index contributed by atoms with van der Waals surface area (Å²) in [5.74, 6) is -0.0378. The first kappa shape index (κ1) is 22.4. The van der Waals surface area contributed by atoms with E-state index in [-0.39, 0.29) is 23.8 Å². The first-order chi connectivity index (χ1) is 15.9. The number of hydrogen-bond donors (Lipinski definition) is 0. The van der Waals surface area contributed by atoms with Crippen molar-refractivity contribution in [2.75, 3.05) is 26.2 Å². The number of hydrogen-bond acceptors (Lipinski definition) is 3. The van der Waals surface area contributed by atoms with Gasteiger partial charge in [0.25, 0.3) is 5.91 Å². The predicted molar refractivity (Wildman–Crippen MR) is 130 cm³/mol. The predicted octanol–water partition coefficient (Wildman–Crippen LogP) is 4.55. The van der Waals surface area contributed by atoms with Gasteiger partial charge in [0.1, 0.15) is 0 Å². The van der Waals surface area contributed by atoms with Gasteiger partial charge in [-0.2, -0.15) is 0 Å². The molecule has 2 amide bonds. The monoisotopic (exact) mass is 465 g/mol. The maximum Gasteiger partial charge on any atom is 0.254 e. The molecule has 0 aromatic heterocycles.